The summed E-state index contributed by atoms with van der Waals surface area (Å²) in [6.45, 7) is 2.41. The van der Waals surface area contributed by atoms with Gasteiger partial charge in [0.05, 0.1) is 5.69 Å². The first-order valence-corrected chi connectivity index (χ1v) is 5.73. The first-order valence-electron chi connectivity index (χ1n) is 5.73. The fourth-order valence-electron chi connectivity index (χ4n) is 1.70. The standard InChI is InChI=1S/C13H15FN2O2/c1-9-7-11(18-16-9)8-17-13-10(5-6-15)3-2-4-12(13)14/h2-4,7H,5-6,8,15H2,1H3. The van der Waals surface area contributed by atoms with Crippen LogP contribution in [0.4, 0.5) is 4.39 Å². The summed E-state index contributed by atoms with van der Waals surface area (Å²) in [7, 11) is 0. The largest absolute Gasteiger partial charge is 0.482 e. The molecule has 2 aromatic rings. The molecule has 96 valence electrons. The number of benzene rings is 1. The first kappa shape index (κ1) is 12.6. The zero-order valence-corrected chi connectivity index (χ0v) is 10.1. The summed E-state index contributed by atoms with van der Waals surface area (Å²) in [5.41, 5.74) is 7.01. The second kappa shape index (κ2) is 5.64. The smallest absolute Gasteiger partial charge is 0.174 e. The molecule has 0 aliphatic rings. The third-order valence-corrected chi connectivity index (χ3v) is 2.50. The van der Waals surface area contributed by atoms with E-state index in [1.54, 1.807) is 18.2 Å². The van der Waals surface area contributed by atoms with Gasteiger partial charge in [-0.25, -0.2) is 4.39 Å². The normalized spacial score (nSPS) is 10.6. The second-order valence-corrected chi connectivity index (χ2v) is 3.99. The topological polar surface area (TPSA) is 61.3 Å². The van der Waals surface area contributed by atoms with E-state index in [1.807, 2.05) is 6.92 Å². The van der Waals surface area contributed by atoms with Gasteiger partial charge < -0.3 is 15.0 Å². The predicted octanol–water partition coefficient (Wildman–Crippen LogP) is 2.20. The maximum absolute atomic E-state index is 13.7. The number of hydrogen-bond acceptors (Lipinski definition) is 4. The molecule has 0 aliphatic carbocycles. The lowest BCUT2D eigenvalue weighted by Crippen LogP contribution is -2.06. The third kappa shape index (κ3) is 2.87. The molecule has 0 saturated heterocycles. The van der Waals surface area contributed by atoms with Gasteiger partial charge in [0.2, 0.25) is 0 Å². The molecule has 0 atom stereocenters. The Bertz CT molecular complexity index is 525. The fourth-order valence-corrected chi connectivity index (χ4v) is 1.70. The van der Waals surface area contributed by atoms with Gasteiger partial charge in [0.25, 0.3) is 0 Å². The van der Waals surface area contributed by atoms with Gasteiger partial charge in [-0.15, -0.1) is 0 Å². The van der Waals surface area contributed by atoms with E-state index in [1.165, 1.54) is 6.07 Å². The van der Waals surface area contributed by atoms with Crippen molar-refractivity contribution in [2.24, 2.45) is 5.73 Å². The minimum absolute atomic E-state index is 0.152. The van der Waals surface area contributed by atoms with E-state index in [0.29, 0.717) is 18.7 Å². The summed E-state index contributed by atoms with van der Waals surface area (Å²) in [4.78, 5) is 0. The van der Waals surface area contributed by atoms with E-state index in [0.717, 1.165) is 11.3 Å². The molecule has 2 N–H and O–H groups in total. The van der Waals surface area contributed by atoms with Gasteiger partial charge in [-0.1, -0.05) is 17.3 Å². The monoisotopic (exact) mass is 250 g/mol. The number of aromatic nitrogens is 1. The van der Waals surface area contributed by atoms with E-state index in [-0.39, 0.29) is 12.4 Å². The Morgan fingerprint density at radius 1 is 1.44 bits per heavy atom. The number of para-hydroxylation sites is 1. The molecule has 0 fully saturated rings. The number of nitrogens with two attached hydrogens (primary N) is 1. The van der Waals surface area contributed by atoms with Gasteiger partial charge in [-0.3, -0.25) is 0 Å². The molecule has 0 aliphatic heterocycles. The van der Waals surface area contributed by atoms with Crippen molar-refractivity contribution >= 4 is 0 Å². The number of hydrogen-bond donors (Lipinski definition) is 1. The Balaban J connectivity index is 2.12. The Labute approximate surface area is 105 Å². The fraction of sp³-hybridized carbons (Fsp3) is 0.308. The Kier molecular flexibility index (Phi) is 3.94. The summed E-state index contributed by atoms with van der Waals surface area (Å²) < 4.78 is 24.1. The van der Waals surface area contributed by atoms with Crippen molar-refractivity contribution in [3.05, 3.63) is 47.1 Å². The molecular formula is C13H15FN2O2. The molecular weight excluding hydrogens is 235 g/mol. The van der Waals surface area contributed by atoms with Crippen LogP contribution in [0.2, 0.25) is 0 Å². The SMILES string of the molecule is Cc1cc(COc2c(F)cccc2CCN)on1. The molecule has 2 rings (SSSR count). The summed E-state index contributed by atoms with van der Waals surface area (Å²) in [5.74, 6) is 0.406. The van der Waals surface area contributed by atoms with E-state index in [4.69, 9.17) is 15.0 Å². The van der Waals surface area contributed by atoms with Crippen LogP contribution in [0.15, 0.2) is 28.8 Å². The average molecular weight is 250 g/mol. The van der Waals surface area contributed by atoms with Crippen molar-refractivity contribution in [2.45, 2.75) is 20.0 Å². The van der Waals surface area contributed by atoms with Gasteiger partial charge >= 0.3 is 0 Å². The van der Waals surface area contributed by atoms with E-state index >= 15 is 0 Å². The highest BCUT2D eigenvalue weighted by Crippen LogP contribution is 2.24. The lowest BCUT2D eigenvalue weighted by molar-refractivity contribution is 0.238. The molecule has 0 spiro atoms. The summed E-state index contributed by atoms with van der Waals surface area (Å²) in [5, 5.41) is 3.74. The van der Waals surface area contributed by atoms with Crippen LogP contribution in [0, 0.1) is 12.7 Å². The minimum Gasteiger partial charge on any atom is -0.482 e. The number of aryl methyl sites for hydroxylation is 1. The molecule has 0 amide bonds. The third-order valence-electron chi connectivity index (χ3n) is 2.50. The molecule has 4 nitrogen and oxygen atoms in total. The van der Waals surface area contributed by atoms with Crippen molar-refractivity contribution in [3.63, 3.8) is 0 Å². The van der Waals surface area contributed by atoms with Crippen molar-refractivity contribution in [1.82, 2.24) is 5.16 Å². The number of nitrogens with zero attached hydrogens (tertiary/aromatic N) is 1. The highest BCUT2D eigenvalue weighted by Gasteiger charge is 2.10. The molecule has 18 heavy (non-hydrogen) atoms. The quantitative estimate of drug-likeness (QED) is 0.883. The first-order chi connectivity index (χ1) is 8.70. The van der Waals surface area contributed by atoms with Crippen LogP contribution in [0.3, 0.4) is 0 Å². The highest BCUT2D eigenvalue weighted by molar-refractivity contribution is 5.35. The highest BCUT2D eigenvalue weighted by atomic mass is 19.1. The van der Waals surface area contributed by atoms with Crippen LogP contribution in [0.1, 0.15) is 17.0 Å². The van der Waals surface area contributed by atoms with Crippen molar-refractivity contribution in [3.8, 4) is 5.75 Å². The van der Waals surface area contributed by atoms with Gasteiger partial charge in [-0.2, -0.15) is 0 Å². The van der Waals surface area contributed by atoms with Crippen molar-refractivity contribution < 1.29 is 13.7 Å². The van der Waals surface area contributed by atoms with Crippen LogP contribution in [-0.2, 0) is 13.0 Å². The van der Waals surface area contributed by atoms with Crippen molar-refractivity contribution in [2.75, 3.05) is 6.54 Å². The molecule has 0 bridgehead atoms. The van der Waals surface area contributed by atoms with Crippen LogP contribution >= 0.6 is 0 Å². The molecule has 0 saturated carbocycles. The van der Waals surface area contributed by atoms with Crippen LogP contribution in [0.25, 0.3) is 0 Å². The lowest BCUT2D eigenvalue weighted by atomic mass is 10.1. The van der Waals surface area contributed by atoms with Crippen molar-refractivity contribution in [1.29, 1.82) is 0 Å². The molecule has 1 heterocycles. The van der Waals surface area contributed by atoms with E-state index < -0.39 is 5.82 Å². The van der Waals surface area contributed by atoms with E-state index in [9.17, 15) is 4.39 Å². The molecule has 0 radical (unpaired) electrons. The zero-order valence-electron chi connectivity index (χ0n) is 10.1. The lowest BCUT2D eigenvalue weighted by Gasteiger charge is -2.10. The minimum atomic E-state index is -0.391. The van der Waals surface area contributed by atoms with Gasteiger partial charge in [-0.05, 0) is 31.5 Å². The molecule has 1 aromatic carbocycles. The summed E-state index contributed by atoms with van der Waals surface area (Å²) in [6, 6.07) is 6.56. The number of halogens is 1. The molecule has 5 heteroatoms. The van der Waals surface area contributed by atoms with Gasteiger partial charge in [0.15, 0.2) is 17.3 Å². The second-order valence-electron chi connectivity index (χ2n) is 3.99. The maximum atomic E-state index is 13.7. The molecule has 0 unspecified atom stereocenters. The predicted molar refractivity (Wildman–Crippen MR) is 64.7 cm³/mol. The Hall–Kier alpha value is -1.88. The number of rotatable bonds is 5. The molecule has 1 aromatic heterocycles. The summed E-state index contributed by atoms with van der Waals surface area (Å²) in [6.07, 6.45) is 0.572. The van der Waals surface area contributed by atoms with Crippen LogP contribution < -0.4 is 10.5 Å². The van der Waals surface area contributed by atoms with E-state index in [2.05, 4.69) is 5.16 Å². The van der Waals surface area contributed by atoms with Crippen LogP contribution in [-0.4, -0.2) is 11.7 Å². The summed E-state index contributed by atoms with van der Waals surface area (Å²) >= 11 is 0. The maximum Gasteiger partial charge on any atom is 0.174 e. The number of ether oxygens (including phenoxy) is 1. The Morgan fingerprint density at radius 2 is 2.28 bits per heavy atom. The zero-order chi connectivity index (χ0) is 13.0. The average Bonchev–Trinajstić information content (AvgIpc) is 2.75. The van der Waals surface area contributed by atoms with Gasteiger partial charge in [0.1, 0.15) is 6.61 Å². The van der Waals surface area contributed by atoms with Crippen LogP contribution in [0.5, 0.6) is 5.75 Å². The van der Waals surface area contributed by atoms with Gasteiger partial charge in [0, 0.05) is 6.07 Å². The Morgan fingerprint density at radius 3 is 2.94 bits per heavy atom.